The number of benzene rings is 1. The SMILES string of the molecule is COC(=O)C#Cc1ccc(F)c(C(C)=O)c1. The molecule has 1 aromatic carbocycles. The first kappa shape index (κ1) is 11.9. The summed E-state index contributed by atoms with van der Waals surface area (Å²) in [5.41, 5.74) is 0.341. The van der Waals surface area contributed by atoms with Crippen LogP contribution in [0.25, 0.3) is 0 Å². The number of carbonyl (C=O) groups excluding carboxylic acids is 2. The van der Waals surface area contributed by atoms with Gasteiger partial charge in [0.2, 0.25) is 0 Å². The van der Waals surface area contributed by atoms with Gasteiger partial charge >= 0.3 is 5.97 Å². The van der Waals surface area contributed by atoms with Crippen molar-refractivity contribution in [2.45, 2.75) is 6.92 Å². The van der Waals surface area contributed by atoms with Gasteiger partial charge in [0.1, 0.15) is 5.82 Å². The van der Waals surface area contributed by atoms with Crippen molar-refractivity contribution in [2.24, 2.45) is 0 Å². The highest BCUT2D eigenvalue weighted by atomic mass is 19.1. The number of carbonyl (C=O) groups is 2. The van der Waals surface area contributed by atoms with Crippen LogP contribution in [0, 0.1) is 17.7 Å². The molecule has 1 aromatic rings. The Balaban J connectivity index is 3.07. The lowest BCUT2D eigenvalue weighted by atomic mass is 10.1. The summed E-state index contributed by atoms with van der Waals surface area (Å²) in [5.74, 6) is 2.99. The van der Waals surface area contributed by atoms with Crippen molar-refractivity contribution < 1.29 is 18.7 Å². The summed E-state index contributed by atoms with van der Waals surface area (Å²) in [6, 6.07) is 3.82. The molecule has 0 radical (unpaired) electrons. The lowest BCUT2D eigenvalue weighted by molar-refractivity contribution is -0.133. The third-order valence-electron chi connectivity index (χ3n) is 1.84. The quantitative estimate of drug-likeness (QED) is 0.409. The third kappa shape index (κ3) is 2.92. The van der Waals surface area contributed by atoms with Crippen molar-refractivity contribution in [3.8, 4) is 11.8 Å². The maximum Gasteiger partial charge on any atom is 0.384 e. The topological polar surface area (TPSA) is 43.4 Å². The molecule has 0 saturated heterocycles. The molecule has 0 heterocycles. The van der Waals surface area contributed by atoms with E-state index in [9.17, 15) is 14.0 Å². The second-order valence-corrected chi connectivity index (χ2v) is 2.99. The lowest BCUT2D eigenvalue weighted by Crippen LogP contribution is -1.98. The van der Waals surface area contributed by atoms with Crippen LogP contribution in [0.5, 0.6) is 0 Å². The van der Waals surface area contributed by atoms with E-state index < -0.39 is 11.8 Å². The van der Waals surface area contributed by atoms with Crippen LogP contribution in [0.15, 0.2) is 18.2 Å². The average Bonchev–Trinajstić information content (AvgIpc) is 2.27. The van der Waals surface area contributed by atoms with Gasteiger partial charge in [0.25, 0.3) is 0 Å². The van der Waals surface area contributed by atoms with Crippen LogP contribution >= 0.6 is 0 Å². The minimum Gasteiger partial charge on any atom is -0.459 e. The number of ketones is 1. The first-order valence-electron chi connectivity index (χ1n) is 4.45. The second-order valence-electron chi connectivity index (χ2n) is 2.99. The van der Waals surface area contributed by atoms with Crippen LogP contribution in [-0.4, -0.2) is 18.9 Å². The van der Waals surface area contributed by atoms with Crippen molar-refractivity contribution in [1.29, 1.82) is 0 Å². The van der Waals surface area contributed by atoms with Gasteiger partial charge in [-0.2, -0.15) is 0 Å². The molecule has 16 heavy (non-hydrogen) atoms. The molecule has 0 amide bonds. The van der Waals surface area contributed by atoms with Gasteiger partial charge in [-0.3, -0.25) is 4.79 Å². The standard InChI is InChI=1S/C12H9FO3/c1-8(14)10-7-9(3-5-11(10)13)4-6-12(15)16-2/h3,5,7H,1-2H3. The van der Waals surface area contributed by atoms with Gasteiger partial charge in [0.15, 0.2) is 5.78 Å². The fraction of sp³-hybridized carbons (Fsp3) is 0.167. The molecule has 0 spiro atoms. The van der Waals surface area contributed by atoms with E-state index in [4.69, 9.17) is 0 Å². The van der Waals surface area contributed by atoms with E-state index in [1.54, 1.807) is 0 Å². The zero-order valence-electron chi connectivity index (χ0n) is 8.83. The Hall–Kier alpha value is -2.15. The smallest absolute Gasteiger partial charge is 0.384 e. The molecule has 0 fully saturated rings. The van der Waals surface area contributed by atoms with Crippen LogP contribution in [0.3, 0.4) is 0 Å². The van der Waals surface area contributed by atoms with Crippen LogP contribution in [0.4, 0.5) is 4.39 Å². The maximum absolute atomic E-state index is 13.1. The largest absolute Gasteiger partial charge is 0.459 e. The number of methoxy groups -OCH3 is 1. The average molecular weight is 220 g/mol. The van der Waals surface area contributed by atoms with Crippen molar-refractivity contribution in [3.05, 3.63) is 35.1 Å². The fourth-order valence-electron chi connectivity index (χ4n) is 1.05. The molecule has 82 valence electrons. The molecule has 0 saturated carbocycles. The Kier molecular flexibility index (Phi) is 3.78. The minimum absolute atomic E-state index is 0.0448. The summed E-state index contributed by atoms with van der Waals surface area (Å²) in [6.45, 7) is 1.26. The summed E-state index contributed by atoms with van der Waals surface area (Å²) in [6.07, 6.45) is 0. The molecule has 0 aliphatic carbocycles. The lowest BCUT2D eigenvalue weighted by Gasteiger charge is -1.98. The minimum atomic E-state index is -0.686. The normalized spacial score (nSPS) is 8.94. The van der Waals surface area contributed by atoms with Crippen molar-refractivity contribution in [2.75, 3.05) is 7.11 Å². The summed E-state index contributed by atoms with van der Waals surface area (Å²) in [7, 11) is 1.21. The van der Waals surface area contributed by atoms with E-state index in [1.807, 2.05) is 0 Å². The molecule has 0 aliphatic heterocycles. The third-order valence-corrected chi connectivity index (χ3v) is 1.84. The van der Waals surface area contributed by atoms with Gasteiger partial charge in [0.05, 0.1) is 12.7 Å². The first-order chi connectivity index (χ1) is 7.54. The van der Waals surface area contributed by atoms with E-state index >= 15 is 0 Å². The Morgan fingerprint density at radius 2 is 2.06 bits per heavy atom. The summed E-state index contributed by atoms with van der Waals surface area (Å²) < 4.78 is 17.4. The van der Waals surface area contributed by atoms with Crippen LogP contribution in [0.2, 0.25) is 0 Å². The van der Waals surface area contributed by atoms with Crippen LogP contribution < -0.4 is 0 Å². The highest BCUT2D eigenvalue weighted by Gasteiger charge is 2.06. The zero-order valence-corrected chi connectivity index (χ0v) is 8.83. The molecule has 0 atom stereocenters. The van der Waals surface area contributed by atoms with Gasteiger partial charge in [-0.1, -0.05) is 5.92 Å². The molecule has 0 aromatic heterocycles. The van der Waals surface area contributed by atoms with Crippen molar-refractivity contribution in [1.82, 2.24) is 0 Å². The van der Waals surface area contributed by atoms with Gasteiger partial charge in [-0.15, -0.1) is 0 Å². The molecule has 3 nitrogen and oxygen atoms in total. The predicted octanol–water partition coefficient (Wildman–Crippen LogP) is 1.55. The second kappa shape index (κ2) is 5.08. The van der Waals surface area contributed by atoms with Gasteiger partial charge in [-0.05, 0) is 25.1 Å². The van der Waals surface area contributed by atoms with E-state index in [1.165, 1.54) is 26.2 Å². The number of hydrogen-bond acceptors (Lipinski definition) is 3. The Morgan fingerprint density at radius 3 is 2.62 bits per heavy atom. The Morgan fingerprint density at radius 1 is 1.38 bits per heavy atom. The van der Waals surface area contributed by atoms with Gasteiger partial charge < -0.3 is 4.74 Å². The number of Topliss-reactive ketones (excluding diaryl/α,β-unsaturated/α-hetero) is 1. The molecule has 0 aliphatic rings. The number of halogens is 1. The van der Waals surface area contributed by atoms with Gasteiger partial charge in [0, 0.05) is 11.5 Å². The molecule has 0 unspecified atom stereocenters. The number of rotatable bonds is 1. The van der Waals surface area contributed by atoms with Crippen LogP contribution in [0.1, 0.15) is 22.8 Å². The van der Waals surface area contributed by atoms with E-state index in [2.05, 4.69) is 16.6 Å². The Labute approximate surface area is 92.2 Å². The molecule has 1 rings (SSSR count). The highest BCUT2D eigenvalue weighted by molar-refractivity contribution is 5.95. The highest BCUT2D eigenvalue weighted by Crippen LogP contribution is 2.10. The summed E-state index contributed by atoms with van der Waals surface area (Å²) in [5, 5.41) is 0. The maximum atomic E-state index is 13.1. The molecule has 0 N–H and O–H groups in total. The van der Waals surface area contributed by atoms with E-state index in [0.29, 0.717) is 5.56 Å². The number of ether oxygens (including phenoxy) is 1. The molecular weight excluding hydrogens is 211 g/mol. The van der Waals surface area contributed by atoms with E-state index in [0.717, 1.165) is 6.07 Å². The predicted molar refractivity (Wildman–Crippen MR) is 55.3 cm³/mol. The van der Waals surface area contributed by atoms with Crippen LogP contribution in [-0.2, 0) is 9.53 Å². The summed E-state index contributed by atoms with van der Waals surface area (Å²) >= 11 is 0. The number of hydrogen-bond donors (Lipinski definition) is 0. The molecule has 4 heteroatoms. The monoisotopic (exact) mass is 220 g/mol. The first-order valence-corrected chi connectivity index (χ1v) is 4.45. The van der Waals surface area contributed by atoms with E-state index in [-0.39, 0.29) is 11.3 Å². The fourth-order valence-corrected chi connectivity index (χ4v) is 1.05. The Bertz CT molecular complexity index is 495. The van der Waals surface area contributed by atoms with Gasteiger partial charge in [-0.25, -0.2) is 9.18 Å². The van der Waals surface area contributed by atoms with Crippen molar-refractivity contribution in [3.63, 3.8) is 0 Å². The molecule has 0 bridgehead atoms. The molecular formula is C12H9FO3. The number of esters is 1. The zero-order chi connectivity index (χ0) is 12.1. The summed E-state index contributed by atoms with van der Waals surface area (Å²) in [4.78, 5) is 21.8. The van der Waals surface area contributed by atoms with Crippen molar-refractivity contribution >= 4 is 11.8 Å².